The summed E-state index contributed by atoms with van der Waals surface area (Å²) in [5.41, 5.74) is 5.33. The number of unbranched alkanes of at least 4 members (excludes halogenated alkanes) is 10. The Morgan fingerprint density at radius 3 is 1.75 bits per heavy atom. The molecule has 5 N–H and O–H groups in total. The van der Waals surface area contributed by atoms with E-state index in [0.29, 0.717) is 25.7 Å². The number of hydrogen-bond donors (Lipinski definition) is 4. The molecule has 0 radical (unpaired) electrons. The van der Waals surface area contributed by atoms with Crippen molar-refractivity contribution in [3.05, 3.63) is 97.2 Å². The van der Waals surface area contributed by atoms with Gasteiger partial charge in [0.05, 0.1) is 19.3 Å². The second-order valence-corrected chi connectivity index (χ2v) is 16.1. The smallest absolute Gasteiger partial charge is 0.472 e. The van der Waals surface area contributed by atoms with Gasteiger partial charge in [0, 0.05) is 12.8 Å². The van der Waals surface area contributed by atoms with E-state index in [0.717, 1.165) is 57.8 Å². The molecule has 12 nitrogen and oxygen atoms in total. The maximum absolute atomic E-state index is 12.6. The van der Waals surface area contributed by atoms with Crippen molar-refractivity contribution in [3.8, 4) is 0 Å². The molecule has 0 saturated heterocycles. The van der Waals surface area contributed by atoms with Gasteiger partial charge in [-0.15, -0.1) is 0 Å². The van der Waals surface area contributed by atoms with Crippen molar-refractivity contribution in [3.63, 3.8) is 0 Å². The molecule has 0 fully saturated rings. The summed E-state index contributed by atoms with van der Waals surface area (Å²) in [6.07, 6.45) is 49.5. The molecule has 4 atom stereocenters. The van der Waals surface area contributed by atoms with Crippen LogP contribution in [0.25, 0.3) is 0 Å². The Morgan fingerprint density at radius 2 is 1.15 bits per heavy atom. The number of carboxylic acids is 1. The summed E-state index contributed by atoms with van der Waals surface area (Å²) < 4.78 is 32.6. The fourth-order valence-electron chi connectivity index (χ4n) is 5.38. The van der Waals surface area contributed by atoms with Gasteiger partial charge in [-0.25, -0.2) is 4.57 Å². The first-order chi connectivity index (χ1) is 29.5. The second-order valence-electron chi connectivity index (χ2n) is 14.6. The van der Waals surface area contributed by atoms with Gasteiger partial charge in [0.25, 0.3) is 0 Å². The fourth-order valence-corrected chi connectivity index (χ4v) is 6.16. The van der Waals surface area contributed by atoms with Gasteiger partial charge in [-0.2, -0.15) is 0 Å². The summed E-state index contributed by atoms with van der Waals surface area (Å²) >= 11 is 0. The number of ether oxygens (including phenoxy) is 2. The van der Waals surface area contributed by atoms with Crippen LogP contribution in [0.2, 0.25) is 0 Å². The molecule has 0 rings (SSSR count). The van der Waals surface area contributed by atoms with Crippen molar-refractivity contribution in [2.24, 2.45) is 5.73 Å². The largest absolute Gasteiger partial charge is 0.480 e. The molecule has 61 heavy (non-hydrogen) atoms. The van der Waals surface area contributed by atoms with E-state index in [2.05, 4.69) is 54.8 Å². The summed E-state index contributed by atoms with van der Waals surface area (Å²) in [7, 11) is -4.76. The first-order valence-electron chi connectivity index (χ1n) is 22.4. The molecule has 0 aliphatic heterocycles. The molecule has 2 unspecified atom stereocenters. The van der Waals surface area contributed by atoms with Crippen molar-refractivity contribution >= 4 is 25.7 Å². The third-order valence-corrected chi connectivity index (χ3v) is 9.86. The minimum atomic E-state index is -4.76. The highest BCUT2D eigenvalue weighted by atomic mass is 31.2. The molecular weight excluding hydrogens is 797 g/mol. The van der Waals surface area contributed by atoms with Gasteiger partial charge in [-0.05, 0) is 77.0 Å². The Kier molecular flexibility index (Phi) is 39.2. The Morgan fingerprint density at radius 1 is 0.607 bits per heavy atom. The maximum Gasteiger partial charge on any atom is 0.472 e. The van der Waals surface area contributed by atoms with E-state index in [1.807, 2.05) is 54.7 Å². The van der Waals surface area contributed by atoms with Crippen molar-refractivity contribution in [2.45, 2.75) is 167 Å². The number of aliphatic hydroxyl groups excluding tert-OH is 1. The number of nitrogens with two attached hydrogens (primary N) is 1. The molecule has 0 heterocycles. The van der Waals surface area contributed by atoms with Gasteiger partial charge in [0.2, 0.25) is 0 Å². The van der Waals surface area contributed by atoms with E-state index in [4.69, 9.17) is 24.8 Å². The third-order valence-electron chi connectivity index (χ3n) is 8.91. The lowest BCUT2D eigenvalue weighted by molar-refractivity contribution is -0.161. The average Bonchev–Trinajstić information content (AvgIpc) is 3.23. The molecule has 0 bridgehead atoms. The molecule has 0 spiro atoms. The van der Waals surface area contributed by atoms with Crippen LogP contribution in [0.1, 0.15) is 149 Å². The first kappa shape index (κ1) is 57.4. The predicted octanol–water partition coefficient (Wildman–Crippen LogP) is 11.0. The van der Waals surface area contributed by atoms with Crippen LogP contribution in [-0.2, 0) is 37.5 Å². The molecule has 0 aromatic rings. The zero-order valence-corrected chi connectivity index (χ0v) is 38.0. The maximum atomic E-state index is 12.6. The highest BCUT2D eigenvalue weighted by Crippen LogP contribution is 2.43. The monoisotopic (exact) mass is 876 g/mol. The van der Waals surface area contributed by atoms with Crippen LogP contribution >= 0.6 is 7.82 Å². The topological polar surface area (TPSA) is 192 Å². The molecule has 0 aliphatic carbocycles. The highest BCUT2D eigenvalue weighted by Gasteiger charge is 2.28. The molecular formula is C48H78NO11P. The predicted molar refractivity (Wildman–Crippen MR) is 246 cm³/mol. The van der Waals surface area contributed by atoms with E-state index in [-0.39, 0.29) is 12.8 Å². The van der Waals surface area contributed by atoms with Crippen molar-refractivity contribution < 1.29 is 52.6 Å². The first-order valence-corrected chi connectivity index (χ1v) is 23.9. The summed E-state index contributed by atoms with van der Waals surface area (Å²) in [4.78, 5) is 46.0. The Labute approximate surface area is 367 Å². The number of carboxylic acid groups (broad SMARTS) is 1. The van der Waals surface area contributed by atoms with E-state index in [1.165, 1.54) is 38.5 Å². The SMILES string of the molecule is CC/C=C\CC(O)/C=C/C=C/C/C=C\C/C=C\C/C=C\CCC(=O)O[C@H](COC(=O)CCCCCCCCC/C=C\C/C=C\CCCCC)COP(=O)(O)OC[C@H](N)C(=O)O. The number of carbonyl (C=O) groups is 3. The number of allylic oxidation sites excluding steroid dienone is 14. The molecule has 0 aliphatic rings. The van der Waals surface area contributed by atoms with Gasteiger partial charge in [0.15, 0.2) is 6.10 Å². The number of phosphoric acid groups is 1. The van der Waals surface area contributed by atoms with Gasteiger partial charge >= 0.3 is 25.7 Å². The number of carbonyl (C=O) groups excluding carboxylic acids is 2. The number of phosphoric ester groups is 1. The minimum Gasteiger partial charge on any atom is -0.480 e. The number of esters is 2. The number of aliphatic hydroxyl groups is 1. The van der Waals surface area contributed by atoms with Crippen LogP contribution in [0.5, 0.6) is 0 Å². The van der Waals surface area contributed by atoms with Crippen LogP contribution in [0.3, 0.4) is 0 Å². The number of aliphatic carboxylic acids is 1. The van der Waals surface area contributed by atoms with Crippen molar-refractivity contribution in [2.75, 3.05) is 19.8 Å². The van der Waals surface area contributed by atoms with E-state index in [1.54, 1.807) is 6.08 Å². The lowest BCUT2D eigenvalue weighted by atomic mass is 10.1. The minimum absolute atomic E-state index is 0.0132. The molecule has 0 aromatic carbocycles. The standard InChI is InChI=1S/C48H78NO11P/c1-3-5-7-8-9-10-11-12-13-14-15-18-21-24-27-30-34-38-46(51)57-40-44(41-58-61(55,56)59-42-45(49)48(53)54)60-47(52)39-35-31-28-25-22-19-16-17-20-23-26-29-33-37-43(50)36-32-6-4-2/h6,9-10,12-13,17,19-20,22,26,28-29,31-33,37,43-45,50H,3-5,7-8,11,14-16,18,21,23-25,27,30,34-36,38-42,49H2,1-2H3,(H,53,54)(H,55,56)/b10-9-,13-12-,20-17-,22-19-,29-26+,31-28-,32-6-,37-33+/t43?,44-,45+/m1/s1. The van der Waals surface area contributed by atoms with E-state index < -0.39 is 63.8 Å². The highest BCUT2D eigenvalue weighted by molar-refractivity contribution is 7.47. The number of hydrogen-bond acceptors (Lipinski definition) is 10. The molecule has 13 heteroatoms. The van der Waals surface area contributed by atoms with Crippen LogP contribution in [0.4, 0.5) is 0 Å². The van der Waals surface area contributed by atoms with E-state index >= 15 is 0 Å². The Hall–Kier alpha value is -3.64. The quantitative estimate of drug-likeness (QED) is 0.0150. The van der Waals surface area contributed by atoms with Crippen molar-refractivity contribution in [1.29, 1.82) is 0 Å². The Balaban J connectivity index is 4.54. The zero-order chi connectivity index (χ0) is 45.1. The van der Waals surface area contributed by atoms with Crippen LogP contribution in [0, 0.1) is 0 Å². The fraction of sp³-hybridized carbons (Fsp3) is 0.604. The lowest BCUT2D eigenvalue weighted by Crippen LogP contribution is -2.34. The second kappa shape index (κ2) is 41.7. The summed E-state index contributed by atoms with van der Waals surface area (Å²) in [6, 6.07) is -1.55. The van der Waals surface area contributed by atoms with Gasteiger partial charge < -0.3 is 30.3 Å². The summed E-state index contributed by atoms with van der Waals surface area (Å²) in [5, 5.41) is 18.7. The average molecular weight is 876 g/mol. The Bertz CT molecular complexity index is 1420. The molecule has 346 valence electrons. The van der Waals surface area contributed by atoms with Crippen LogP contribution in [-0.4, -0.2) is 71.1 Å². The van der Waals surface area contributed by atoms with Gasteiger partial charge in [-0.1, -0.05) is 156 Å². The summed E-state index contributed by atoms with van der Waals surface area (Å²) in [5.74, 6) is -2.54. The van der Waals surface area contributed by atoms with Crippen LogP contribution < -0.4 is 5.73 Å². The van der Waals surface area contributed by atoms with E-state index in [9.17, 15) is 28.9 Å². The third kappa shape index (κ3) is 41.5. The normalized spacial score (nSPS) is 15.1. The molecule has 0 amide bonds. The number of rotatable bonds is 40. The van der Waals surface area contributed by atoms with Gasteiger partial charge in [-0.3, -0.25) is 23.4 Å². The zero-order valence-electron chi connectivity index (χ0n) is 37.1. The van der Waals surface area contributed by atoms with Crippen molar-refractivity contribution in [1.82, 2.24) is 0 Å². The summed E-state index contributed by atoms with van der Waals surface area (Å²) in [6.45, 7) is 2.46. The van der Waals surface area contributed by atoms with Crippen LogP contribution in [0.15, 0.2) is 97.2 Å². The molecule has 0 saturated carbocycles. The van der Waals surface area contributed by atoms with Gasteiger partial charge in [0.1, 0.15) is 12.6 Å². The molecule has 0 aromatic heterocycles. The lowest BCUT2D eigenvalue weighted by Gasteiger charge is -2.20.